The minimum atomic E-state index is -0.318. The molecule has 2 aromatic heterocycles. The summed E-state index contributed by atoms with van der Waals surface area (Å²) in [6.07, 6.45) is -0.318. The lowest BCUT2D eigenvalue weighted by Crippen LogP contribution is -2.33. The first kappa shape index (κ1) is 28.8. The van der Waals surface area contributed by atoms with Gasteiger partial charge < -0.3 is 14.2 Å². The third-order valence-corrected chi connectivity index (χ3v) is 10.3. The Morgan fingerprint density at radius 2 is 1.17 bits per heavy atom. The van der Waals surface area contributed by atoms with Gasteiger partial charge in [0.1, 0.15) is 34.3 Å². The number of nitrogens with one attached hydrogen (secondary N) is 1. The number of fused-ring (bicyclic) bond motifs is 9. The summed E-state index contributed by atoms with van der Waals surface area (Å²) in [6.45, 7) is 0. The quantitative estimate of drug-likeness (QED) is 0.203. The molecule has 1 aliphatic rings. The lowest BCUT2D eigenvalue weighted by atomic mass is 9.93. The molecule has 5 heteroatoms. The number of para-hydroxylation sites is 2. The highest BCUT2D eigenvalue weighted by Crippen LogP contribution is 2.44. The van der Waals surface area contributed by atoms with Crippen LogP contribution in [0.1, 0.15) is 22.9 Å². The molecule has 0 saturated heterocycles. The zero-order chi connectivity index (χ0) is 34.2. The molecule has 1 N–H and O–H groups in total. The Kier molecular flexibility index (Phi) is 6.25. The molecule has 0 saturated carbocycles. The summed E-state index contributed by atoms with van der Waals surface area (Å²) < 4.78 is 13.3. The van der Waals surface area contributed by atoms with E-state index in [1.807, 2.05) is 42.5 Å². The van der Waals surface area contributed by atoms with Crippen molar-refractivity contribution >= 4 is 77.1 Å². The van der Waals surface area contributed by atoms with Gasteiger partial charge in [-0.1, -0.05) is 140 Å². The molecule has 1 aliphatic heterocycles. The molecule has 0 amide bonds. The van der Waals surface area contributed by atoms with Crippen molar-refractivity contribution in [2.45, 2.75) is 6.17 Å². The molecule has 8 aromatic carbocycles. The molecular weight excluding hydrogens is 639 g/mol. The van der Waals surface area contributed by atoms with Gasteiger partial charge in [0.05, 0.1) is 0 Å². The van der Waals surface area contributed by atoms with Gasteiger partial charge >= 0.3 is 0 Å². The van der Waals surface area contributed by atoms with Crippen LogP contribution < -0.4 is 5.32 Å². The average molecular weight is 668 g/mol. The number of amidine groups is 2. The van der Waals surface area contributed by atoms with Crippen molar-refractivity contribution in [2.75, 3.05) is 0 Å². The molecule has 1 atom stereocenters. The maximum atomic E-state index is 6.81. The fourth-order valence-electron chi connectivity index (χ4n) is 7.92. The van der Waals surface area contributed by atoms with E-state index in [0.29, 0.717) is 5.84 Å². The summed E-state index contributed by atoms with van der Waals surface area (Å²) in [5.41, 5.74) is 8.40. The Morgan fingerprint density at radius 3 is 2.08 bits per heavy atom. The molecule has 52 heavy (non-hydrogen) atoms. The first-order valence-electron chi connectivity index (χ1n) is 17.5. The van der Waals surface area contributed by atoms with E-state index in [9.17, 15) is 0 Å². The van der Waals surface area contributed by atoms with Crippen LogP contribution in [0.2, 0.25) is 0 Å². The van der Waals surface area contributed by atoms with E-state index in [4.69, 9.17) is 18.8 Å². The van der Waals surface area contributed by atoms with Crippen molar-refractivity contribution in [1.29, 1.82) is 0 Å². The smallest absolute Gasteiger partial charge is 0.160 e. The maximum absolute atomic E-state index is 6.81. The van der Waals surface area contributed by atoms with Crippen LogP contribution in [0.3, 0.4) is 0 Å². The summed E-state index contributed by atoms with van der Waals surface area (Å²) in [5, 5.41) is 12.5. The van der Waals surface area contributed by atoms with E-state index >= 15 is 0 Å². The van der Waals surface area contributed by atoms with E-state index in [-0.39, 0.29) is 6.17 Å². The topological polar surface area (TPSA) is 63.0 Å². The first-order chi connectivity index (χ1) is 25.8. The molecule has 1 unspecified atom stereocenters. The number of benzene rings is 8. The van der Waals surface area contributed by atoms with Gasteiger partial charge in [0.15, 0.2) is 5.84 Å². The van der Waals surface area contributed by atoms with E-state index < -0.39 is 0 Å². The number of furan rings is 2. The summed E-state index contributed by atoms with van der Waals surface area (Å²) in [5.74, 6) is 1.43. The van der Waals surface area contributed by atoms with Crippen LogP contribution in [0, 0.1) is 0 Å². The van der Waals surface area contributed by atoms with Gasteiger partial charge in [0.25, 0.3) is 0 Å². The van der Waals surface area contributed by atoms with Crippen molar-refractivity contribution in [3.63, 3.8) is 0 Å². The van der Waals surface area contributed by atoms with Crippen molar-refractivity contribution in [1.82, 2.24) is 5.32 Å². The Balaban J connectivity index is 1.13. The highest BCUT2D eigenvalue weighted by atomic mass is 16.3. The summed E-state index contributed by atoms with van der Waals surface area (Å²) >= 11 is 0. The molecule has 0 aliphatic carbocycles. The van der Waals surface area contributed by atoms with Crippen LogP contribution in [0.4, 0.5) is 0 Å². The normalized spacial score (nSPS) is 14.7. The summed E-state index contributed by atoms with van der Waals surface area (Å²) in [7, 11) is 0. The molecule has 0 spiro atoms. The van der Waals surface area contributed by atoms with Gasteiger partial charge in [-0.15, -0.1) is 0 Å². The van der Waals surface area contributed by atoms with Crippen molar-refractivity contribution in [3.05, 3.63) is 180 Å². The van der Waals surface area contributed by atoms with Gasteiger partial charge in [-0.25, -0.2) is 9.98 Å². The van der Waals surface area contributed by atoms with Gasteiger partial charge in [0, 0.05) is 38.2 Å². The number of aliphatic imine (C=N–C) groups is 2. The lowest BCUT2D eigenvalue weighted by Gasteiger charge is -2.24. The third kappa shape index (κ3) is 4.42. The standard InChI is InChI=1S/C47H29N3O2/c1-2-13-29(14-3-1)45-48-46(31-25-24-28-12-4-5-15-30(28)26-31)50-47(49-45)37-21-11-23-40-43(37)36-20-10-19-34(44(36)52-40)38-27-41-42(33-17-7-6-16-32(33)38)35-18-8-9-22-39(35)51-41/h1-27,45H,(H,48,49,50). The van der Waals surface area contributed by atoms with Crippen LogP contribution in [0.5, 0.6) is 0 Å². The molecular formula is C47H29N3O2. The Hall–Kier alpha value is -6.98. The lowest BCUT2D eigenvalue weighted by molar-refractivity contribution is 0.668. The molecule has 11 rings (SSSR count). The minimum absolute atomic E-state index is 0.318. The Labute approximate surface area is 298 Å². The molecule has 0 bridgehead atoms. The van der Waals surface area contributed by atoms with E-state index in [2.05, 4.69) is 127 Å². The van der Waals surface area contributed by atoms with E-state index in [0.717, 1.165) is 93.7 Å². The fourth-order valence-corrected chi connectivity index (χ4v) is 7.92. The molecule has 0 fully saturated rings. The maximum Gasteiger partial charge on any atom is 0.160 e. The van der Waals surface area contributed by atoms with Crippen LogP contribution in [0.25, 0.3) is 76.5 Å². The molecule has 3 heterocycles. The Morgan fingerprint density at radius 1 is 0.462 bits per heavy atom. The van der Waals surface area contributed by atoms with Crippen LogP contribution in [-0.2, 0) is 0 Å². The van der Waals surface area contributed by atoms with Crippen LogP contribution in [0.15, 0.2) is 183 Å². The zero-order valence-electron chi connectivity index (χ0n) is 27.9. The van der Waals surface area contributed by atoms with Crippen molar-refractivity contribution in [2.24, 2.45) is 9.98 Å². The second kappa shape index (κ2) is 11.3. The number of rotatable bonds is 4. The SMILES string of the molecule is c1ccc(C2N=C(c3cccc4oc5c(-c6cc7oc8ccccc8c7c7ccccc67)cccc5c34)N=C(c3ccc4ccccc4c3)N2)cc1. The fraction of sp³-hybridized carbons (Fsp3) is 0.0213. The summed E-state index contributed by atoms with van der Waals surface area (Å²) in [4.78, 5) is 10.5. The molecule has 244 valence electrons. The number of hydrogen-bond acceptors (Lipinski definition) is 5. The third-order valence-electron chi connectivity index (χ3n) is 10.3. The highest BCUT2D eigenvalue weighted by Gasteiger charge is 2.25. The largest absolute Gasteiger partial charge is 0.456 e. The second-order valence-corrected chi connectivity index (χ2v) is 13.3. The molecule has 5 nitrogen and oxygen atoms in total. The van der Waals surface area contributed by atoms with Gasteiger partial charge in [-0.05, 0) is 56.9 Å². The van der Waals surface area contributed by atoms with E-state index in [1.54, 1.807) is 0 Å². The van der Waals surface area contributed by atoms with Gasteiger partial charge in [-0.3, -0.25) is 0 Å². The van der Waals surface area contributed by atoms with Gasteiger partial charge in [-0.2, -0.15) is 0 Å². The molecule has 0 radical (unpaired) electrons. The Bertz CT molecular complexity index is 3110. The average Bonchev–Trinajstić information content (AvgIpc) is 3.79. The number of nitrogens with zero attached hydrogens (tertiary/aromatic N) is 2. The summed E-state index contributed by atoms with van der Waals surface area (Å²) in [6, 6.07) is 56.7. The predicted octanol–water partition coefficient (Wildman–Crippen LogP) is 12.0. The van der Waals surface area contributed by atoms with E-state index in [1.165, 1.54) is 5.39 Å². The van der Waals surface area contributed by atoms with Crippen LogP contribution >= 0.6 is 0 Å². The van der Waals surface area contributed by atoms with Crippen LogP contribution in [-0.4, -0.2) is 11.7 Å². The van der Waals surface area contributed by atoms with Crippen molar-refractivity contribution in [3.8, 4) is 11.1 Å². The predicted molar refractivity (Wildman–Crippen MR) is 213 cm³/mol. The number of hydrogen-bond donors (Lipinski definition) is 1. The zero-order valence-corrected chi connectivity index (χ0v) is 27.9. The monoisotopic (exact) mass is 667 g/mol. The van der Waals surface area contributed by atoms with Gasteiger partial charge in [0.2, 0.25) is 0 Å². The first-order valence-corrected chi connectivity index (χ1v) is 17.5. The van der Waals surface area contributed by atoms with Crippen molar-refractivity contribution < 1.29 is 8.83 Å². The highest BCUT2D eigenvalue weighted by molar-refractivity contribution is 6.26. The molecule has 10 aromatic rings. The minimum Gasteiger partial charge on any atom is -0.456 e. The second-order valence-electron chi connectivity index (χ2n) is 13.3.